The molecule has 0 spiro atoms. The second-order valence-corrected chi connectivity index (χ2v) is 3.86. The molecule has 2 aromatic heterocycles. The Hall–Kier alpha value is -1.69. The summed E-state index contributed by atoms with van der Waals surface area (Å²) in [7, 11) is 0. The van der Waals surface area contributed by atoms with Gasteiger partial charge in [-0.1, -0.05) is 11.8 Å². The normalized spacial score (nSPS) is 10.4. The van der Waals surface area contributed by atoms with Crippen LogP contribution in [-0.2, 0) is 5.75 Å². The number of nitrogens with zero attached hydrogens (tertiary/aromatic N) is 1. The summed E-state index contributed by atoms with van der Waals surface area (Å²) in [6, 6.07) is 3.11. The Labute approximate surface area is 89.7 Å². The van der Waals surface area contributed by atoms with Crippen molar-refractivity contribution >= 4 is 17.6 Å². The standard InChI is InChI=1S/C9H9N3O2S/c10-7-3-8(13)12-9(11-7)15-5-6-1-2-14-4-6/h1-4H,5H2,(H3,10,11,12,13). The summed E-state index contributed by atoms with van der Waals surface area (Å²) in [5.41, 5.74) is 6.24. The van der Waals surface area contributed by atoms with Gasteiger partial charge in [-0.25, -0.2) is 4.98 Å². The first kappa shape index (κ1) is 9.85. The predicted octanol–water partition coefficient (Wildman–Crippen LogP) is 1.24. The number of aromatic amines is 1. The monoisotopic (exact) mass is 223 g/mol. The number of hydrogen-bond acceptors (Lipinski definition) is 5. The molecule has 3 N–H and O–H groups in total. The Bertz CT molecular complexity index is 492. The molecule has 0 atom stereocenters. The Morgan fingerprint density at radius 1 is 1.60 bits per heavy atom. The molecule has 0 saturated carbocycles. The lowest BCUT2D eigenvalue weighted by atomic mass is 10.4. The van der Waals surface area contributed by atoms with Gasteiger partial charge in [0, 0.05) is 17.4 Å². The number of aromatic nitrogens is 2. The van der Waals surface area contributed by atoms with Crippen LogP contribution in [0.2, 0.25) is 0 Å². The summed E-state index contributed by atoms with van der Waals surface area (Å²) < 4.78 is 4.92. The SMILES string of the molecule is Nc1cc(=O)[nH]c(SCc2ccoc2)n1. The molecule has 2 rings (SSSR count). The molecule has 0 radical (unpaired) electrons. The first-order valence-corrected chi connectivity index (χ1v) is 5.23. The number of hydrogen-bond donors (Lipinski definition) is 2. The van der Waals surface area contributed by atoms with E-state index in [0.29, 0.717) is 10.9 Å². The summed E-state index contributed by atoms with van der Waals surface area (Å²) in [4.78, 5) is 17.6. The van der Waals surface area contributed by atoms with Gasteiger partial charge in [0.15, 0.2) is 5.16 Å². The van der Waals surface area contributed by atoms with Crippen molar-refractivity contribution in [2.45, 2.75) is 10.9 Å². The van der Waals surface area contributed by atoms with E-state index < -0.39 is 0 Å². The van der Waals surface area contributed by atoms with Gasteiger partial charge < -0.3 is 15.1 Å². The maximum absolute atomic E-state index is 11.1. The summed E-state index contributed by atoms with van der Waals surface area (Å²) in [5, 5.41) is 0.515. The highest BCUT2D eigenvalue weighted by molar-refractivity contribution is 7.98. The average Bonchev–Trinajstić information content (AvgIpc) is 2.65. The Morgan fingerprint density at radius 3 is 3.13 bits per heavy atom. The molecule has 78 valence electrons. The molecule has 5 nitrogen and oxygen atoms in total. The Balaban J connectivity index is 2.08. The van der Waals surface area contributed by atoms with Gasteiger partial charge in [-0.05, 0) is 6.07 Å². The third-order valence-corrected chi connectivity index (χ3v) is 2.64. The van der Waals surface area contributed by atoms with Crippen molar-refractivity contribution in [1.82, 2.24) is 9.97 Å². The van der Waals surface area contributed by atoms with Crippen LogP contribution in [0.3, 0.4) is 0 Å². The van der Waals surface area contributed by atoms with Gasteiger partial charge in [-0.3, -0.25) is 4.79 Å². The Morgan fingerprint density at radius 2 is 2.47 bits per heavy atom. The van der Waals surface area contributed by atoms with Crippen molar-refractivity contribution in [3.63, 3.8) is 0 Å². The topological polar surface area (TPSA) is 84.9 Å². The number of H-pyrrole nitrogens is 1. The molecule has 0 fully saturated rings. The maximum atomic E-state index is 11.1. The van der Waals surface area contributed by atoms with E-state index in [4.69, 9.17) is 10.2 Å². The van der Waals surface area contributed by atoms with E-state index in [1.54, 1.807) is 12.5 Å². The first-order valence-electron chi connectivity index (χ1n) is 4.25. The van der Waals surface area contributed by atoms with Gasteiger partial charge in [0.2, 0.25) is 0 Å². The fraction of sp³-hybridized carbons (Fsp3) is 0.111. The molecular weight excluding hydrogens is 214 g/mol. The van der Waals surface area contributed by atoms with Crippen LogP contribution < -0.4 is 11.3 Å². The second kappa shape index (κ2) is 4.22. The molecule has 0 aliphatic carbocycles. The maximum Gasteiger partial charge on any atom is 0.253 e. The quantitative estimate of drug-likeness (QED) is 0.604. The van der Waals surface area contributed by atoms with Crippen LogP contribution in [0, 0.1) is 0 Å². The van der Waals surface area contributed by atoms with Gasteiger partial charge in [0.25, 0.3) is 5.56 Å². The summed E-state index contributed by atoms with van der Waals surface area (Å²) >= 11 is 1.40. The number of nitrogen functional groups attached to an aromatic ring is 1. The van der Waals surface area contributed by atoms with Gasteiger partial charge >= 0.3 is 0 Å². The fourth-order valence-electron chi connectivity index (χ4n) is 1.05. The van der Waals surface area contributed by atoms with E-state index in [-0.39, 0.29) is 11.4 Å². The molecule has 6 heteroatoms. The first-order chi connectivity index (χ1) is 7.24. The highest BCUT2D eigenvalue weighted by Crippen LogP contribution is 2.18. The van der Waals surface area contributed by atoms with Crippen LogP contribution in [0.25, 0.3) is 0 Å². The van der Waals surface area contributed by atoms with E-state index in [2.05, 4.69) is 9.97 Å². The van der Waals surface area contributed by atoms with Crippen molar-refractivity contribution in [2.75, 3.05) is 5.73 Å². The summed E-state index contributed by atoms with van der Waals surface area (Å²) in [6.45, 7) is 0. The number of nitrogens with two attached hydrogens (primary N) is 1. The molecule has 0 aromatic carbocycles. The number of anilines is 1. The largest absolute Gasteiger partial charge is 0.472 e. The zero-order valence-corrected chi connectivity index (χ0v) is 8.58. The van der Waals surface area contributed by atoms with Gasteiger partial charge in [-0.15, -0.1) is 0 Å². The average molecular weight is 223 g/mol. The zero-order chi connectivity index (χ0) is 10.7. The molecule has 0 bridgehead atoms. The van der Waals surface area contributed by atoms with Gasteiger partial charge in [0.05, 0.1) is 12.5 Å². The number of thioether (sulfide) groups is 1. The van der Waals surface area contributed by atoms with E-state index in [1.807, 2.05) is 6.07 Å². The third-order valence-electron chi connectivity index (χ3n) is 1.70. The molecule has 0 aliphatic rings. The molecule has 2 aromatic rings. The second-order valence-electron chi connectivity index (χ2n) is 2.90. The molecule has 2 heterocycles. The smallest absolute Gasteiger partial charge is 0.253 e. The van der Waals surface area contributed by atoms with Crippen LogP contribution in [0.5, 0.6) is 0 Å². The van der Waals surface area contributed by atoms with E-state index in [1.165, 1.54) is 17.8 Å². The minimum atomic E-state index is -0.239. The highest BCUT2D eigenvalue weighted by atomic mass is 32.2. The summed E-state index contributed by atoms with van der Waals surface area (Å²) in [6.07, 6.45) is 3.25. The Kier molecular flexibility index (Phi) is 2.77. The molecule has 0 amide bonds. The lowest BCUT2D eigenvalue weighted by Gasteiger charge is -1.99. The minimum absolute atomic E-state index is 0.230. The fourth-order valence-corrected chi connectivity index (χ4v) is 1.86. The third kappa shape index (κ3) is 2.63. The zero-order valence-electron chi connectivity index (χ0n) is 7.77. The van der Waals surface area contributed by atoms with Crippen LogP contribution >= 0.6 is 11.8 Å². The molecule has 0 aliphatic heterocycles. The number of rotatable bonds is 3. The van der Waals surface area contributed by atoms with Crippen LogP contribution in [0.1, 0.15) is 5.56 Å². The molecule has 0 saturated heterocycles. The van der Waals surface area contributed by atoms with Gasteiger partial charge in [0.1, 0.15) is 5.82 Å². The van der Waals surface area contributed by atoms with E-state index in [0.717, 1.165) is 5.56 Å². The van der Waals surface area contributed by atoms with Crippen molar-refractivity contribution < 1.29 is 4.42 Å². The van der Waals surface area contributed by atoms with E-state index >= 15 is 0 Å². The molecule has 15 heavy (non-hydrogen) atoms. The van der Waals surface area contributed by atoms with Crippen LogP contribution in [-0.4, -0.2) is 9.97 Å². The molecule has 0 unspecified atom stereocenters. The predicted molar refractivity (Wildman–Crippen MR) is 57.5 cm³/mol. The van der Waals surface area contributed by atoms with Crippen LogP contribution in [0.15, 0.2) is 39.0 Å². The number of nitrogens with one attached hydrogen (secondary N) is 1. The van der Waals surface area contributed by atoms with Crippen molar-refractivity contribution in [3.8, 4) is 0 Å². The van der Waals surface area contributed by atoms with Crippen LogP contribution in [0.4, 0.5) is 5.82 Å². The number of furan rings is 1. The molecular formula is C9H9N3O2S. The minimum Gasteiger partial charge on any atom is -0.472 e. The van der Waals surface area contributed by atoms with E-state index in [9.17, 15) is 4.79 Å². The lowest BCUT2D eigenvalue weighted by Crippen LogP contribution is -2.09. The lowest BCUT2D eigenvalue weighted by molar-refractivity contribution is 0.565. The van der Waals surface area contributed by atoms with Crippen molar-refractivity contribution in [2.24, 2.45) is 0 Å². The summed E-state index contributed by atoms with van der Waals surface area (Å²) in [5.74, 6) is 0.913. The highest BCUT2D eigenvalue weighted by Gasteiger charge is 2.01. The van der Waals surface area contributed by atoms with Crippen molar-refractivity contribution in [3.05, 3.63) is 40.6 Å². The van der Waals surface area contributed by atoms with Gasteiger partial charge in [-0.2, -0.15) is 0 Å². The van der Waals surface area contributed by atoms with Crippen molar-refractivity contribution in [1.29, 1.82) is 0 Å².